The topological polar surface area (TPSA) is 65.7 Å². The average molecular weight is 322 g/mol. The standard InChI is InChI=1S/C13H12BrN3O2/c1-8-11(7-15)16-17(12(8)13(18)19-2)10-5-3-9(14)4-6-10/h3-6,8,12H,1-2H3. The molecule has 1 aliphatic rings. The first-order valence-corrected chi connectivity index (χ1v) is 6.49. The summed E-state index contributed by atoms with van der Waals surface area (Å²) in [5.41, 5.74) is 1.08. The maximum absolute atomic E-state index is 11.9. The zero-order valence-corrected chi connectivity index (χ0v) is 12.1. The number of carbonyl (C=O) groups excluding carboxylic acids is 1. The lowest BCUT2D eigenvalue weighted by Gasteiger charge is -2.23. The number of esters is 1. The van der Waals surface area contributed by atoms with Gasteiger partial charge in [0.25, 0.3) is 0 Å². The SMILES string of the molecule is COC(=O)C1C(C)C(C#N)=NN1c1ccc(Br)cc1. The number of benzene rings is 1. The van der Waals surface area contributed by atoms with Crippen LogP contribution < -0.4 is 5.01 Å². The molecule has 0 spiro atoms. The number of rotatable bonds is 2. The summed E-state index contributed by atoms with van der Waals surface area (Å²) in [7, 11) is 1.33. The van der Waals surface area contributed by atoms with Gasteiger partial charge in [0.05, 0.1) is 12.8 Å². The molecule has 0 fully saturated rings. The third kappa shape index (κ3) is 2.47. The summed E-state index contributed by atoms with van der Waals surface area (Å²) in [6.45, 7) is 1.79. The molecule has 2 atom stereocenters. The smallest absolute Gasteiger partial charge is 0.331 e. The van der Waals surface area contributed by atoms with Crippen LogP contribution in [0.2, 0.25) is 0 Å². The molecule has 6 heteroatoms. The van der Waals surface area contributed by atoms with Crippen LogP contribution in [-0.2, 0) is 9.53 Å². The van der Waals surface area contributed by atoms with Gasteiger partial charge in [0.2, 0.25) is 0 Å². The Hall–Kier alpha value is -1.87. The molecular weight excluding hydrogens is 310 g/mol. The lowest BCUT2D eigenvalue weighted by atomic mass is 9.98. The minimum absolute atomic E-state index is 0.291. The van der Waals surface area contributed by atoms with Gasteiger partial charge in [-0.1, -0.05) is 22.9 Å². The van der Waals surface area contributed by atoms with E-state index in [4.69, 9.17) is 10.00 Å². The van der Waals surface area contributed by atoms with Crippen molar-refractivity contribution in [3.05, 3.63) is 28.7 Å². The molecule has 0 radical (unpaired) electrons. The third-order valence-corrected chi connectivity index (χ3v) is 3.56. The lowest BCUT2D eigenvalue weighted by molar-refractivity contribution is -0.142. The number of methoxy groups -OCH3 is 1. The second-order valence-electron chi connectivity index (χ2n) is 4.17. The number of halogens is 1. The van der Waals surface area contributed by atoms with Crippen molar-refractivity contribution in [1.82, 2.24) is 0 Å². The van der Waals surface area contributed by atoms with Gasteiger partial charge in [-0.2, -0.15) is 10.4 Å². The average Bonchev–Trinajstić information content (AvgIpc) is 2.75. The van der Waals surface area contributed by atoms with Crippen molar-refractivity contribution in [2.24, 2.45) is 11.0 Å². The zero-order chi connectivity index (χ0) is 14.0. The molecule has 0 bridgehead atoms. The molecule has 0 N–H and O–H groups in total. The molecule has 0 saturated heterocycles. The molecule has 0 aromatic heterocycles. The molecule has 5 nitrogen and oxygen atoms in total. The Morgan fingerprint density at radius 3 is 2.63 bits per heavy atom. The van der Waals surface area contributed by atoms with Crippen LogP contribution in [0.1, 0.15) is 6.92 Å². The van der Waals surface area contributed by atoms with Crippen LogP contribution in [0.25, 0.3) is 0 Å². The van der Waals surface area contributed by atoms with E-state index in [1.807, 2.05) is 30.3 Å². The monoisotopic (exact) mass is 321 g/mol. The molecule has 1 aromatic rings. The Kier molecular flexibility index (Phi) is 3.86. The first-order valence-electron chi connectivity index (χ1n) is 5.69. The number of nitrogens with zero attached hydrogens (tertiary/aromatic N) is 3. The van der Waals surface area contributed by atoms with Crippen LogP contribution in [0.3, 0.4) is 0 Å². The molecule has 19 heavy (non-hydrogen) atoms. The van der Waals surface area contributed by atoms with E-state index in [-0.39, 0.29) is 5.92 Å². The first kappa shape index (κ1) is 13.6. The molecule has 2 unspecified atom stereocenters. The summed E-state index contributed by atoms with van der Waals surface area (Å²) >= 11 is 3.35. The minimum atomic E-state index is -0.596. The summed E-state index contributed by atoms with van der Waals surface area (Å²) < 4.78 is 5.73. The molecule has 0 aliphatic carbocycles. The number of nitriles is 1. The van der Waals surface area contributed by atoms with E-state index in [0.717, 1.165) is 10.2 Å². The number of ether oxygens (including phenoxy) is 1. The van der Waals surface area contributed by atoms with E-state index in [2.05, 4.69) is 21.0 Å². The Morgan fingerprint density at radius 1 is 1.47 bits per heavy atom. The predicted octanol–water partition coefficient (Wildman–Crippen LogP) is 2.33. The van der Waals surface area contributed by atoms with E-state index in [0.29, 0.717) is 5.71 Å². The fourth-order valence-corrected chi connectivity index (χ4v) is 2.26. The summed E-state index contributed by atoms with van der Waals surface area (Å²) in [5.74, 6) is -0.689. The minimum Gasteiger partial charge on any atom is -0.467 e. The maximum Gasteiger partial charge on any atom is 0.331 e. The first-order chi connectivity index (χ1) is 9.08. The van der Waals surface area contributed by atoms with Gasteiger partial charge in [0.1, 0.15) is 11.8 Å². The molecule has 98 valence electrons. The van der Waals surface area contributed by atoms with Crippen LogP contribution in [0.5, 0.6) is 0 Å². The van der Waals surface area contributed by atoms with Crippen molar-refractivity contribution in [3.63, 3.8) is 0 Å². The van der Waals surface area contributed by atoms with Crippen LogP contribution >= 0.6 is 15.9 Å². The largest absolute Gasteiger partial charge is 0.467 e. The molecule has 2 rings (SSSR count). The van der Waals surface area contributed by atoms with E-state index in [9.17, 15) is 4.79 Å². The number of carbonyl (C=O) groups is 1. The Labute approximate surface area is 119 Å². The lowest BCUT2D eigenvalue weighted by Crippen LogP contribution is -2.40. The van der Waals surface area contributed by atoms with Gasteiger partial charge in [0, 0.05) is 10.4 Å². The highest BCUT2D eigenvalue weighted by molar-refractivity contribution is 9.10. The Balaban J connectivity index is 2.40. The molecule has 0 saturated carbocycles. The van der Waals surface area contributed by atoms with Crippen molar-refractivity contribution < 1.29 is 9.53 Å². The van der Waals surface area contributed by atoms with Gasteiger partial charge in [0.15, 0.2) is 6.04 Å². The quantitative estimate of drug-likeness (QED) is 0.784. The summed E-state index contributed by atoms with van der Waals surface area (Å²) in [6.07, 6.45) is 0. The van der Waals surface area contributed by atoms with Crippen molar-refractivity contribution >= 4 is 33.3 Å². The molecule has 0 amide bonds. The summed E-state index contributed by atoms with van der Waals surface area (Å²) in [6, 6.07) is 8.80. The fraction of sp³-hybridized carbons (Fsp3) is 0.308. The molecule has 1 aromatic carbocycles. The maximum atomic E-state index is 11.9. The molecule has 1 aliphatic heterocycles. The van der Waals surface area contributed by atoms with Gasteiger partial charge in [-0.15, -0.1) is 0 Å². The van der Waals surface area contributed by atoms with Gasteiger partial charge in [-0.3, -0.25) is 0 Å². The van der Waals surface area contributed by atoms with Gasteiger partial charge in [-0.25, -0.2) is 9.80 Å². The Morgan fingerprint density at radius 2 is 2.11 bits per heavy atom. The number of anilines is 1. The van der Waals surface area contributed by atoms with E-state index in [1.54, 1.807) is 11.9 Å². The third-order valence-electron chi connectivity index (χ3n) is 3.03. The highest BCUT2D eigenvalue weighted by atomic mass is 79.9. The van der Waals surface area contributed by atoms with E-state index < -0.39 is 12.0 Å². The molecular formula is C13H12BrN3O2. The van der Waals surface area contributed by atoms with Crippen LogP contribution in [0, 0.1) is 17.2 Å². The summed E-state index contributed by atoms with van der Waals surface area (Å²) in [4.78, 5) is 11.9. The van der Waals surface area contributed by atoms with Gasteiger partial charge in [-0.05, 0) is 24.3 Å². The number of hydrogen-bond donors (Lipinski definition) is 0. The number of hydrazone groups is 1. The molecule has 1 heterocycles. The van der Waals surface area contributed by atoms with Crippen molar-refractivity contribution in [2.75, 3.05) is 12.1 Å². The normalized spacial score (nSPS) is 21.8. The Bertz CT molecular complexity index is 562. The second kappa shape index (κ2) is 5.41. The van der Waals surface area contributed by atoms with E-state index >= 15 is 0 Å². The van der Waals surface area contributed by atoms with E-state index in [1.165, 1.54) is 7.11 Å². The number of hydrogen-bond acceptors (Lipinski definition) is 5. The predicted molar refractivity (Wildman–Crippen MR) is 74.6 cm³/mol. The van der Waals surface area contributed by atoms with Crippen LogP contribution in [0.4, 0.5) is 5.69 Å². The van der Waals surface area contributed by atoms with Gasteiger partial charge < -0.3 is 4.74 Å². The van der Waals surface area contributed by atoms with Gasteiger partial charge >= 0.3 is 5.97 Å². The van der Waals surface area contributed by atoms with Crippen LogP contribution in [0.15, 0.2) is 33.8 Å². The fourth-order valence-electron chi connectivity index (χ4n) is 1.99. The summed E-state index contributed by atoms with van der Waals surface area (Å²) in [5, 5.41) is 14.8. The van der Waals surface area contributed by atoms with Crippen molar-refractivity contribution in [3.8, 4) is 6.07 Å². The van der Waals surface area contributed by atoms with Crippen LogP contribution in [-0.4, -0.2) is 24.8 Å². The van der Waals surface area contributed by atoms with Crippen molar-refractivity contribution in [1.29, 1.82) is 5.26 Å². The zero-order valence-electron chi connectivity index (χ0n) is 10.5. The highest BCUT2D eigenvalue weighted by Crippen LogP contribution is 2.29. The second-order valence-corrected chi connectivity index (χ2v) is 5.09. The highest BCUT2D eigenvalue weighted by Gasteiger charge is 2.41. The van der Waals surface area contributed by atoms with Crippen molar-refractivity contribution in [2.45, 2.75) is 13.0 Å².